The van der Waals surface area contributed by atoms with Crippen molar-refractivity contribution in [3.05, 3.63) is 23.8 Å². The molecule has 2 rings (SSSR count). The third kappa shape index (κ3) is 4.19. The van der Waals surface area contributed by atoms with Gasteiger partial charge in [0.25, 0.3) is 5.91 Å². The number of carbonyl (C=O) groups excluding carboxylic acids is 2. The summed E-state index contributed by atoms with van der Waals surface area (Å²) >= 11 is 0. The van der Waals surface area contributed by atoms with Gasteiger partial charge in [-0.3, -0.25) is 4.79 Å². The molecule has 0 spiro atoms. The van der Waals surface area contributed by atoms with Crippen molar-refractivity contribution in [3.8, 4) is 11.5 Å². The van der Waals surface area contributed by atoms with Gasteiger partial charge in [0.2, 0.25) is 0 Å². The van der Waals surface area contributed by atoms with Gasteiger partial charge in [0, 0.05) is 6.04 Å². The number of carbonyl (C=O) groups is 2. The van der Waals surface area contributed by atoms with Crippen LogP contribution in [0.4, 0.5) is 0 Å². The van der Waals surface area contributed by atoms with E-state index in [0.717, 1.165) is 12.8 Å². The number of para-hydroxylation sites is 1. The molecule has 0 bridgehead atoms. The minimum Gasteiger partial charge on any atom is -0.504 e. The molecule has 0 saturated heterocycles. The summed E-state index contributed by atoms with van der Waals surface area (Å²) < 4.78 is 9.95. The molecule has 2 N–H and O–H groups in total. The molecule has 1 saturated carbocycles. The van der Waals surface area contributed by atoms with Crippen LogP contribution in [0.25, 0.3) is 0 Å². The molecule has 0 unspecified atom stereocenters. The fourth-order valence-corrected chi connectivity index (χ4v) is 3.09. The van der Waals surface area contributed by atoms with Gasteiger partial charge >= 0.3 is 5.97 Å². The summed E-state index contributed by atoms with van der Waals surface area (Å²) in [5, 5.41) is 12.9. The fourth-order valence-electron chi connectivity index (χ4n) is 3.09. The number of aromatic hydroxyl groups is 1. The highest BCUT2D eigenvalue weighted by molar-refractivity contribution is 5.94. The van der Waals surface area contributed by atoms with Gasteiger partial charge in [0.05, 0.1) is 7.11 Å². The summed E-state index contributed by atoms with van der Waals surface area (Å²) in [4.78, 5) is 24.1. The number of ether oxygens (including phenoxy) is 2. The highest BCUT2D eigenvalue weighted by Crippen LogP contribution is 2.30. The van der Waals surface area contributed by atoms with E-state index in [1.165, 1.54) is 25.7 Å². The van der Waals surface area contributed by atoms with Crippen LogP contribution in [-0.4, -0.2) is 36.7 Å². The summed E-state index contributed by atoms with van der Waals surface area (Å²) in [5.41, 5.74) is -0.0261. The van der Waals surface area contributed by atoms with Crippen molar-refractivity contribution >= 4 is 11.9 Å². The van der Waals surface area contributed by atoms with Crippen molar-refractivity contribution in [2.75, 3.05) is 13.7 Å². The monoisotopic (exact) mass is 335 g/mol. The smallest absolute Gasteiger partial charge is 0.342 e. The van der Waals surface area contributed by atoms with Crippen LogP contribution < -0.4 is 10.1 Å². The van der Waals surface area contributed by atoms with Crippen molar-refractivity contribution in [2.24, 2.45) is 11.8 Å². The summed E-state index contributed by atoms with van der Waals surface area (Å²) in [7, 11) is 1.39. The zero-order valence-corrected chi connectivity index (χ0v) is 14.4. The van der Waals surface area contributed by atoms with Gasteiger partial charge < -0.3 is 19.9 Å². The Morgan fingerprint density at radius 3 is 2.75 bits per heavy atom. The molecule has 0 heterocycles. The Morgan fingerprint density at radius 2 is 2.04 bits per heavy atom. The zero-order valence-electron chi connectivity index (χ0n) is 14.4. The van der Waals surface area contributed by atoms with E-state index < -0.39 is 5.97 Å². The molecule has 0 aromatic heterocycles. The van der Waals surface area contributed by atoms with Gasteiger partial charge in [-0.2, -0.15) is 0 Å². The van der Waals surface area contributed by atoms with Gasteiger partial charge in [-0.25, -0.2) is 4.79 Å². The van der Waals surface area contributed by atoms with Crippen LogP contribution in [0.5, 0.6) is 11.5 Å². The third-order valence-electron chi connectivity index (χ3n) is 4.83. The van der Waals surface area contributed by atoms with Crippen LogP contribution in [0.2, 0.25) is 0 Å². The van der Waals surface area contributed by atoms with Gasteiger partial charge in [-0.1, -0.05) is 32.8 Å². The maximum atomic E-state index is 12.0. The van der Waals surface area contributed by atoms with Crippen molar-refractivity contribution in [2.45, 2.75) is 39.2 Å². The van der Waals surface area contributed by atoms with Crippen molar-refractivity contribution in [1.29, 1.82) is 0 Å². The third-order valence-corrected chi connectivity index (χ3v) is 4.83. The Morgan fingerprint density at radius 1 is 1.29 bits per heavy atom. The lowest BCUT2D eigenvalue weighted by Crippen LogP contribution is -2.45. The highest BCUT2D eigenvalue weighted by atomic mass is 16.5. The standard InChI is InChI=1S/C18H25NO5/c1-11-6-4-8-14(12(11)2)19-16(20)10-24-18(22)13-7-5-9-15(23-3)17(13)21/h5,7,9,11-12,14,21H,4,6,8,10H2,1-3H3,(H,19,20)/t11-,12-,14-/m1/s1. The summed E-state index contributed by atoms with van der Waals surface area (Å²) in [6, 6.07) is 4.64. The fraction of sp³-hybridized carbons (Fsp3) is 0.556. The molecule has 1 aromatic carbocycles. The van der Waals surface area contributed by atoms with Crippen molar-refractivity contribution < 1.29 is 24.2 Å². The average molecular weight is 335 g/mol. The van der Waals surface area contributed by atoms with Crippen LogP contribution in [0.1, 0.15) is 43.5 Å². The van der Waals surface area contributed by atoms with Crippen LogP contribution in [0.15, 0.2) is 18.2 Å². The summed E-state index contributed by atoms with van der Waals surface area (Å²) in [6.07, 6.45) is 3.22. The van der Waals surface area contributed by atoms with E-state index in [-0.39, 0.29) is 35.6 Å². The molecule has 0 radical (unpaired) electrons. The Hall–Kier alpha value is -2.24. The van der Waals surface area contributed by atoms with Crippen molar-refractivity contribution in [1.82, 2.24) is 5.32 Å². The number of phenols is 1. The molecular weight excluding hydrogens is 310 g/mol. The molecule has 3 atom stereocenters. The first-order valence-electron chi connectivity index (χ1n) is 8.26. The molecular formula is C18H25NO5. The largest absolute Gasteiger partial charge is 0.504 e. The number of rotatable bonds is 5. The number of hydrogen-bond acceptors (Lipinski definition) is 5. The normalized spacial score (nSPS) is 23.4. The maximum absolute atomic E-state index is 12.0. The number of amides is 1. The van der Waals surface area contributed by atoms with E-state index in [9.17, 15) is 14.7 Å². The molecule has 1 aliphatic carbocycles. The highest BCUT2D eigenvalue weighted by Gasteiger charge is 2.28. The maximum Gasteiger partial charge on any atom is 0.342 e. The Labute approximate surface area is 142 Å². The van der Waals surface area contributed by atoms with E-state index >= 15 is 0 Å². The van der Waals surface area contributed by atoms with E-state index in [4.69, 9.17) is 9.47 Å². The predicted molar refractivity (Wildman–Crippen MR) is 89.1 cm³/mol. The second-order valence-electron chi connectivity index (χ2n) is 6.37. The number of phenolic OH excluding ortho intramolecular Hbond substituents is 1. The molecule has 0 aliphatic heterocycles. The second kappa shape index (κ2) is 8.04. The Kier molecular flexibility index (Phi) is 6.06. The lowest BCUT2D eigenvalue weighted by molar-refractivity contribution is -0.125. The molecule has 1 amide bonds. The molecule has 1 fully saturated rings. The number of nitrogens with one attached hydrogen (secondary N) is 1. The van der Waals surface area contributed by atoms with Crippen molar-refractivity contribution in [3.63, 3.8) is 0 Å². The minimum absolute atomic E-state index is 0.0261. The Balaban J connectivity index is 1.88. The molecule has 6 nitrogen and oxygen atoms in total. The minimum atomic E-state index is -0.758. The van der Waals surface area contributed by atoms with E-state index in [2.05, 4.69) is 19.2 Å². The number of benzene rings is 1. The van der Waals surface area contributed by atoms with Gasteiger partial charge in [-0.05, 0) is 30.4 Å². The molecule has 6 heteroatoms. The predicted octanol–water partition coefficient (Wildman–Crippen LogP) is 2.50. The summed E-state index contributed by atoms with van der Waals surface area (Å²) in [5.74, 6) is -0.219. The number of hydrogen-bond donors (Lipinski definition) is 2. The number of esters is 1. The zero-order chi connectivity index (χ0) is 17.7. The average Bonchev–Trinajstić information content (AvgIpc) is 2.57. The van der Waals surface area contributed by atoms with E-state index in [1.54, 1.807) is 6.07 Å². The van der Waals surface area contributed by atoms with Crippen LogP contribution >= 0.6 is 0 Å². The topological polar surface area (TPSA) is 84.9 Å². The SMILES string of the molecule is COc1cccc(C(=O)OCC(=O)N[C@@H]2CCC[C@@H](C)[C@H]2C)c1O. The van der Waals surface area contributed by atoms with Crippen LogP contribution in [0, 0.1) is 11.8 Å². The van der Waals surface area contributed by atoms with E-state index in [0.29, 0.717) is 11.8 Å². The lowest BCUT2D eigenvalue weighted by atomic mass is 9.78. The van der Waals surface area contributed by atoms with Crippen LogP contribution in [0.3, 0.4) is 0 Å². The van der Waals surface area contributed by atoms with Crippen LogP contribution in [-0.2, 0) is 9.53 Å². The first-order chi connectivity index (χ1) is 11.4. The molecule has 24 heavy (non-hydrogen) atoms. The quantitative estimate of drug-likeness (QED) is 0.808. The second-order valence-corrected chi connectivity index (χ2v) is 6.37. The van der Waals surface area contributed by atoms with Gasteiger partial charge in [0.1, 0.15) is 5.56 Å². The first-order valence-corrected chi connectivity index (χ1v) is 8.26. The molecule has 132 valence electrons. The van der Waals surface area contributed by atoms with E-state index in [1.807, 2.05) is 0 Å². The summed E-state index contributed by atoms with van der Waals surface area (Å²) in [6.45, 7) is 3.96. The molecule has 1 aromatic rings. The van der Waals surface area contributed by atoms with Gasteiger partial charge in [-0.15, -0.1) is 0 Å². The van der Waals surface area contributed by atoms with Gasteiger partial charge in [0.15, 0.2) is 18.1 Å². The number of methoxy groups -OCH3 is 1. The Bertz CT molecular complexity index is 601. The first kappa shape index (κ1) is 18.1. The molecule has 1 aliphatic rings. The lowest BCUT2D eigenvalue weighted by Gasteiger charge is -2.34.